The summed E-state index contributed by atoms with van der Waals surface area (Å²) in [7, 11) is 0. The van der Waals surface area contributed by atoms with Gasteiger partial charge in [-0.1, -0.05) is 12.1 Å². The summed E-state index contributed by atoms with van der Waals surface area (Å²) in [6.45, 7) is 3.39. The van der Waals surface area contributed by atoms with Crippen molar-refractivity contribution in [2.75, 3.05) is 36.0 Å². The van der Waals surface area contributed by atoms with Gasteiger partial charge < -0.3 is 9.80 Å². The van der Waals surface area contributed by atoms with Gasteiger partial charge in [0.15, 0.2) is 0 Å². The van der Waals surface area contributed by atoms with Gasteiger partial charge in [-0.3, -0.25) is 0 Å². The second kappa shape index (κ2) is 6.15. The molecule has 108 valence electrons. The fourth-order valence-electron chi connectivity index (χ4n) is 2.66. The molecule has 0 unspecified atom stereocenters. The molecule has 1 saturated heterocycles. The highest BCUT2D eigenvalue weighted by atomic mass is 15.3. The van der Waals surface area contributed by atoms with Crippen LogP contribution in [0, 0.1) is 22.7 Å². The summed E-state index contributed by atoms with van der Waals surface area (Å²) in [6.07, 6.45) is 1.60. The molecule has 1 aliphatic rings. The van der Waals surface area contributed by atoms with Gasteiger partial charge in [0.05, 0.1) is 16.8 Å². The Morgan fingerprint density at radius 3 is 2.23 bits per heavy atom. The third-order valence-corrected chi connectivity index (χ3v) is 3.85. The minimum Gasteiger partial charge on any atom is -0.367 e. The molecule has 22 heavy (non-hydrogen) atoms. The lowest BCUT2D eigenvalue weighted by Crippen LogP contribution is -2.47. The molecule has 1 fully saturated rings. The summed E-state index contributed by atoms with van der Waals surface area (Å²) in [5, 5.41) is 18.0. The first kappa shape index (κ1) is 13.9. The molecular weight excluding hydrogens is 274 g/mol. The van der Waals surface area contributed by atoms with Gasteiger partial charge in [0, 0.05) is 32.4 Å². The van der Waals surface area contributed by atoms with E-state index in [1.807, 2.05) is 30.3 Å². The first-order valence-electron chi connectivity index (χ1n) is 7.17. The van der Waals surface area contributed by atoms with Gasteiger partial charge in [-0.05, 0) is 24.3 Å². The lowest BCUT2D eigenvalue weighted by Gasteiger charge is -2.37. The van der Waals surface area contributed by atoms with Crippen molar-refractivity contribution in [3.8, 4) is 12.1 Å². The van der Waals surface area contributed by atoms with Crippen LogP contribution in [0.1, 0.15) is 11.1 Å². The summed E-state index contributed by atoms with van der Waals surface area (Å²) >= 11 is 0. The Bertz CT molecular complexity index is 731. The highest BCUT2D eigenvalue weighted by Crippen LogP contribution is 2.22. The Kier molecular flexibility index (Phi) is 3.89. The molecule has 0 bridgehead atoms. The Balaban J connectivity index is 1.70. The molecule has 5 nitrogen and oxygen atoms in total. The van der Waals surface area contributed by atoms with Crippen LogP contribution in [-0.4, -0.2) is 31.2 Å². The molecular formula is C17H15N5. The van der Waals surface area contributed by atoms with E-state index in [0.29, 0.717) is 11.1 Å². The van der Waals surface area contributed by atoms with Crippen molar-refractivity contribution in [3.63, 3.8) is 0 Å². The van der Waals surface area contributed by atoms with Crippen molar-refractivity contribution < 1.29 is 0 Å². The fourth-order valence-corrected chi connectivity index (χ4v) is 2.66. The number of hydrogen-bond donors (Lipinski definition) is 0. The van der Waals surface area contributed by atoms with E-state index in [-0.39, 0.29) is 0 Å². The molecule has 0 aliphatic carbocycles. The molecule has 0 saturated carbocycles. The van der Waals surface area contributed by atoms with E-state index in [1.165, 1.54) is 0 Å². The molecule has 2 aromatic rings. The van der Waals surface area contributed by atoms with Crippen LogP contribution in [0.4, 0.5) is 11.5 Å². The molecule has 1 aromatic carbocycles. The van der Waals surface area contributed by atoms with E-state index in [9.17, 15) is 5.26 Å². The Morgan fingerprint density at radius 1 is 0.864 bits per heavy atom. The Labute approximate surface area is 129 Å². The van der Waals surface area contributed by atoms with Crippen molar-refractivity contribution in [1.29, 1.82) is 10.5 Å². The molecule has 0 atom stereocenters. The SMILES string of the molecule is N#Cc1ccc(N2CCN(c3ccccc3C#N)CC2)nc1. The van der Waals surface area contributed by atoms with Crippen LogP contribution in [0.2, 0.25) is 0 Å². The van der Waals surface area contributed by atoms with Crippen molar-refractivity contribution >= 4 is 11.5 Å². The molecule has 5 heteroatoms. The third kappa shape index (κ3) is 2.70. The maximum absolute atomic E-state index is 9.21. The average molecular weight is 289 g/mol. The average Bonchev–Trinajstić information content (AvgIpc) is 2.62. The molecule has 2 heterocycles. The van der Waals surface area contributed by atoms with E-state index in [1.54, 1.807) is 12.3 Å². The molecule has 0 amide bonds. The highest BCUT2D eigenvalue weighted by Gasteiger charge is 2.19. The molecule has 1 aliphatic heterocycles. The highest BCUT2D eigenvalue weighted by molar-refractivity contribution is 5.60. The number of anilines is 2. The van der Waals surface area contributed by atoms with E-state index in [4.69, 9.17) is 5.26 Å². The number of pyridine rings is 1. The summed E-state index contributed by atoms with van der Waals surface area (Å²) in [5.41, 5.74) is 2.29. The standard InChI is InChI=1S/C17H15N5/c18-11-14-5-6-17(20-13-14)22-9-7-21(8-10-22)16-4-2-1-3-15(16)12-19/h1-6,13H,7-10H2. The van der Waals surface area contributed by atoms with Crippen LogP contribution in [-0.2, 0) is 0 Å². The number of nitriles is 2. The normalized spacial score (nSPS) is 14.3. The Morgan fingerprint density at radius 2 is 1.59 bits per heavy atom. The topological polar surface area (TPSA) is 67.0 Å². The number of benzene rings is 1. The number of para-hydroxylation sites is 1. The minimum absolute atomic E-state index is 0.574. The summed E-state index contributed by atoms with van der Waals surface area (Å²) in [4.78, 5) is 8.77. The van der Waals surface area contributed by atoms with Gasteiger partial charge in [0.1, 0.15) is 18.0 Å². The summed E-state index contributed by atoms with van der Waals surface area (Å²) in [6, 6.07) is 15.7. The van der Waals surface area contributed by atoms with E-state index in [2.05, 4.69) is 26.9 Å². The number of nitrogens with zero attached hydrogens (tertiary/aromatic N) is 5. The maximum Gasteiger partial charge on any atom is 0.128 e. The van der Waals surface area contributed by atoms with Crippen LogP contribution >= 0.6 is 0 Å². The zero-order valence-electron chi connectivity index (χ0n) is 12.1. The number of rotatable bonds is 2. The van der Waals surface area contributed by atoms with Crippen LogP contribution in [0.3, 0.4) is 0 Å². The zero-order valence-corrected chi connectivity index (χ0v) is 12.1. The van der Waals surface area contributed by atoms with Gasteiger partial charge in [0.2, 0.25) is 0 Å². The quantitative estimate of drug-likeness (QED) is 0.847. The zero-order chi connectivity index (χ0) is 15.4. The monoisotopic (exact) mass is 289 g/mol. The van der Waals surface area contributed by atoms with Crippen LogP contribution in [0.25, 0.3) is 0 Å². The third-order valence-electron chi connectivity index (χ3n) is 3.85. The number of piperazine rings is 1. The first-order valence-corrected chi connectivity index (χ1v) is 7.17. The van der Waals surface area contributed by atoms with Crippen molar-refractivity contribution in [2.24, 2.45) is 0 Å². The largest absolute Gasteiger partial charge is 0.367 e. The van der Waals surface area contributed by atoms with Gasteiger partial charge in [-0.25, -0.2) is 4.98 Å². The smallest absolute Gasteiger partial charge is 0.128 e. The summed E-state index contributed by atoms with van der Waals surface area (Å²) < 4.78 is 0. The molecule has 3 rings (SSSR count). The van der Waals surface area contributed by atoms with Gasteiger partial charge >= 0.3 is 0 Å². The van der Waals surface area contributed by atoms with Crippen molar-refractivity contribution in [1.82, 2.24) is 4.98 Å². The number of hydrogen-bond acceptors (Lipinski definition) is 5. The second-order valence-corrected chi connectivity index (χ2v) is 5.12. The molecule has 0 N–H and O–H groups in total. The van der Waals surface area contributed by atoms with Crippen LogP contribution < -0.4 is 9.80 Å². The molecule has 0 radical (unpaired) electrons. The maximum atomic E-state index is 9.21. The van der Waals surface area contributed by atoms with Crippen molar-refractivity contribution in [3.05, 3.63) is 53.7 Å². The van der Waals surface area contributed by atoms with Crippen LogP contribution in [0.15, 0.2) is 42.6 Å². The minimum atomic E-state index is 0.574. The predicted molar refractivity (Wildman–Crippen MR) is 84.5 cm³/mol. The second-order valence-electron chi connectivity index (χ2n) is 5.12. The molecule has 1 aromatic heterocycles. The van der Waals surface area contributed by atoms with Gasteiger partial charge in [-0.15, -0.1) is 0 Å². The fraction of sp³-hybridized carbons (Fsp3) is 0.235. The number of aromatic nitrogens is 1. The lowest BCUT2D eigenvalue weighted by atomic mass is 10.1. The van der Waals surface area contributed by atoms with Gasteiger partial charge in [-0.2, -0.15) is 10.5 Å². The molecule has 0 spiro atoms. The van der Waals surface area contributed by atoms with E-state index >= 15 is 0 Å². The summed E-state index contributed by atoms with van der Waals surface area (Å²) in [5.74, 6) is 0.896. The predicted octanol–water partition coefficient (Wildman–Crippen LogP) is 2.15. The van der Waals surface area contributed by atoms with E-state index in [0.717, 1.165) is 37.7 Å². The Hall–Kier alpha value is -3.05. The first-order chi connectivity index (χ1) is 10.8. The van der Waals surface area contributed by atoms with E-state index < -0.39 is 0 Å². The van der Waals surface area contributed by atoms with Crippen LogP contribution in [0.5, 0.6) is 0 Å². The van der Waals surface area contributed by atoms with Gasteiger partial charge in [0.25, 0.3) is 0 Å². The lowest BCUT2D eigenvalue weighted by molar-refractivity contribution is 0.647. The van der Waals surface area contributed by atoms with Crippen molar-refractivity contribution in [2.45, 2.75) is 0 Å².